The average Bonchev–Trinajstić information content (AvgIpc) is 3.45. The van der Waals surface area contributed by atoms with Gasteiger partial charge in [-0.2, -0.15) is 5.26 Å². The molecule has 42 heavy (non-hydrogen) atoms. The maximum absolute atomic E-state index is 13.6. The van der Waals surface area contributed by atoms with Crippen molar-refractivity contribution in [3.05, 3.63) is 75.8 Å². The number of rotatable bonds is 9. The molecule has 0 saturated carbocycles. The monoisotopic (exact) mass is 590 g/mol. The van der Waals surface area contributed by atoms with Crippen LogP contribution in [0.15, 0.2) is 59.1 Å². The fourth-order valence-electron chi connectivity index (χ4n) is 6.18. The van der Waals surface area contributed by atoms with Gasteiger partial charge in [-0.25, -0.2) is 9.59 Å². The molecule has 2 saturated heterocycles. The Bertz CT molecular complexity index is 1530. The molecule has 12 heteroatoms. The number of carbonyl (C=O) groups excluding carboxylic acids is 2. The number of benzene rings is 2. The summed E-state index contributed by atoms with van der Waals surface area (Å²) in [6.45, 7) is 4.18. The molecule has 2 aromatic carbocycles. The van der Waals surface area contributed by atoms with Gasteiger partial charge in [0.05, 0.1) is 41.3 Å². The summed E-state index contributed by atoms with van der Waals surface area (Å²) in [5.41, 5.74) is 1.64. The zero-order valence-corrected chi connectivity index (χ0v) is 23.7. The lowest BCUT2D eigenvalue weighted by Gasteiger charge is -2.46. The number of likely N-dealkylation sites (tertiary alicyclic amines) is 1. The fraction of sp³-hybridized carbons (Fsp3) is 0.367. The van der Waals surface area contributed by atoms with Crippen molar-refractivity contribution in [3.8, 4) is 6.07 Å². The Morgan fingerprint density at radius 2 is 1.88 bits per heavy atom. The second-order valence-corrected chi connectivity index (χ2v) is 12.2. The molecule has 6 atom stereocenters. The Balaban J connectivity index is 1.40. The molecule has 2 fully saturated rings. The highest BCUT2D eigenvalue weighted by Crippen LogP contribution is 2.52. The van der Waals surface area contributed by atoms with Crippen LogP contribution in [0.5, 0.6) is 0 Å². The first-order valence-electron chi connectivity index (χ1n) is 13.5. The van der Waals surface area contributed by atoms with Crippen LogP contribution >= 0.6 is 11.8 Å². The third-order valence-electron chi connectivity index (χ3n) is 8.09. The van der Waals surface area contributed by atoms with E-state index in [1.54, 1.807) is 30.3 Å². The summed E-state index contributed by atoms with van der Waals surface area (Å²) in [6.07, 6.45) is -0.534. The number of thioether (sulfide) groups is 1. The first-order valence-corrected chi connectivity index (χ1v) is 14.4. The number of fused-ring (bicyclic) bond motifs is 1. The molecule has 0 unspecified atom stereocenters. The number of aliphatic hydroxyl groups excluding tert-OH is 1. The first kappa shape index (κ1) is 29.3. The normalized spacial score (nSPS) is 25.9. The van der Waals surface area contributed by atoms with Crippen molar-refractivity contribution in [2.45, 2.75) is 50.3 Å². The molecule has 3 aliphatic rings. The number of amides is 2. The van der Waals surface area contributed by atoms with Crippen molar-refractivity contribution in [1.82, 2.24) is 9.80 Å². The van der Waals surface area contributed by atoms with Crippen molar-refractivity contribution in [1.29, 1.82) is 5.26 Å². The van der Waals surface area contributed by atoms with Gasteiger partial charge < -0.3 is 25.5 Å². The van der Waals surface area contributed by atoms with Gasteiger partial charge >= 0.3 is 11.9 Å². The molecule has 3 aliphatic heterocycles. The summed E-state index contributed by atoms with van der Waals surface area (Å²) >= 11 is 1.35. The van der Waals surface area contributed by atoms with Gasteiger partial charge in [0.25, 0.3) is 0 Å². The van der Waals surface area contributed by atoms with E-state index in [4.69, 9.17) is 0 Å². The zero-order chi connectivity index (χ0) is 30.3. The number of carboxylic acid groups (broad SMARTS) is 2. The lowest BCUT2D eigenvalue weighted by Crippen LogP contribution is -2.63. The predicted molar refractivity (Wildman–Crippen MR) is 153 cm³/mol. The molecule has 0 aliphatic carbocycles. The summed E-state index contributed by atoms with van der Waals surface area (Å²) in [5, 5.41) is 41.5. The number of β-lactam (4-membered cyclic amide) rings is 1. The molecule has 3 heterocycles. The molecule has 218 valence electrons. The number of nitrogens with zero attached hydrogens (tertiary/aromatic N) is 3. The Kier molecular flexibility index (Phi) is 8.10. The van der Waals surface area contributed by atoms with Crippen molar-refractivity contribution in [2.24, 2.45) is 11.8 Å². The van der Waals surface area contributed by atoms with Gasteiger partial charge in [-0.05, 0) is 49.2 Å². The van der Waals surface area contributed by atoms with Gasteiger partial charge in [0.2, 0.25) is 11.8 Å². The van der Waals surface area contributed by atoms with E-state index in [2.05, 4.69) is 11.4 Å². The second-order valence-electron chi connectivity index (χ2n) is 10.9. The highest BCUT2D eigenvalue weighted by molar-refractivity contribution is 8.03. The zero-order valence-electron chi connectivity index (χ0n) is 22.9. The summed E-state index contributed by atoms with van der Waals surface area (Å²) < 4.78 is 0. The predicted octanol–water partition coefficient (Wildman–Crippen LogP) is 2.72. The van der Waals surface area contributed by atoms with Gasteiger partial charge in [-0.1, -0.05) is 25.1 Å². The first-order chi connectivity index (χ1) is 20.0. The third kappa shape index (κ3) is 5.38. The van der Waals surface area contributed by atoms with Crippen LogP contribution in [0.25, 0.3) is 0 Å². The molecule has 0 spiro atoms. The minimum Gasteiger partial charge on any atom is -0.478 e. The van der Waals surface area contributed by atoms with Crippen molar-refractivity contribution >= 4 is 41.2 Å². The van der Waals surface area contributed by atoms with Crippen LogP contribution in [-0.2, 0) is 20.9 Å². The molecule has 11 nitrogen and oxygen atoms in total. The minimum absolute atomic E-state index is 0.0378. The van der Waals surface area contributed by atoms with E-state index in [-0.39, 0.29) is 28.3 Å². The van der Waals surface area contributed by atoms with Gasteiger partial charge in [0, 0.05) is 34.8 Å². The van der Waals surface area contributed by atoms with Gasteiger partial charge in [-0.15, -0.1) is 11.8 Å². The molecule has 2 amide bonds. The molecule has 4 N–H and O–H groups in total. The maximum atomic E-state index is 13.6. The van der Waals surface area contributed by atoms with E-state index in [9.17, 15) is 39.8 Å². The van der Waals surface area contributed by atoms with Crippen LogP contribution in [0, 0.1) is 23.2 Å². The van der Waals surface area contributed by atoms with E-state index in [1.165, 1.54) is 35.7 Å². The van der Waals surface area contributed by atoms with Gasteiger partial charge in [0.1, 0.15) is 5.70 Å². The van der Waals surface area contributed by atoms with E-state index in [0.29, 0.717) is 35.7 Å². The largest absolute Gasteiger partial charge is 0.478 e. The lowest BCUT2D eigenvalue weighted by atomic mass is 9.79. The van der Waals surface area contributed by atoms with Crippen LogP contribution in [-0.4, -0.2) is 78.9 Å². The Labute approximate surface area is 246 Å². The average molecular weight is 591 g/mol. The fourth-order valence-corrected chi connectivity index (χ4v) is 7.74. The highest BCUT2D eigenvalue weighted by atomic mass is 32.2. The number of aliphatic carboxylic acids is 1. The number of anilines is 1. The molecule has 0 radical (unpaired) electrons. The van der Waals surface area contributed by atoms with Crippen LogP contribution in [0.1, 0.15) is 41.8 Å². The Morgan fingerprint density at radius 1 is 1.14 bits per heavy atom. The molecule has 0 aromatic heterocycles. The Hall–Kier alpha value is -4.18. The maximum Gasteiger partial charge on any atom is 0.353 e. The number of aromatic carboxylic acids is 1. The number of hydrogen-bond donors (Lipinski definition) is 4. The molecular weight excluding hydrogens is 560 g/mol. The van der Waals surface area contributed by atoms with Crippen LogP contribution in [0.3, 0.4) is 0 Å². The SMILES string of the molecule is C[C@@H](O)[C@H]1C(=O)N2C(C(=O)O)=C(S[C@H]3C[C@@H](C(=O)Nc4cccc(C(=O)O)c4)N(Cc4cccc(C#N)c4)C3)[C@H](C)[C@H]12. The number of aliphatic hydroxyl groups is 1. The quantitative estimate of drug-likeness (QED) is 0.318. The van der Waals surface area contributed by atoms with Gasteiger partial charge in [0.15, 0.2) is 0 Å². The highest BCUT2D eigenvalue weighted by Gasteiger charge is 2.60. The minimum atomic E-state index is -1.21. The number of carbonyl (C=O) groups is 4. The van der Waals surface area contributed by atoms with E-state index < -0.39 is 42.0 Å². The standard InChI is InChI=1S/C30H30N4O7S/c1-15-24-23(16(2)35)28(37)34(24)25(30(40)41)26(15)42-21-11-22(27(36)32-20-8-4-7-19(10-20)29(38)39)33(14-21)13-18-6-3-5-17(9-18)12-31/h3-10,15-16,21-24,35H,11,13-14H2,1-2H3,(H,32,36)(H,38,39)(H,40,41)/t15-,16-,21+,22+,23-,24-/m1/s1. The molecule has 2 aromatic rings. The lowest BCUT2D eigenvalue weighted by molar-refractivity contribution is -0.163. The topological polar surface area (TPSA) is 171 Å². The summed E-state index contributed by atoms with van der Waals surface area (Å²) in [7, 11) is 0. The number of carboxylic acids is 2. The van der Waals surface area contributed by atoms with E-state index in [1.807, 2.05) is 17.9 Å². The number of hydrogen-bond acceptors (Lipinski definition) is 8. The summed E-state index contributed by atoms with van der Waals surface area (Å²) in [6, 6.07) is 14.1. The number of nitriles is 1. The Morgan fingerprint density at radius 3 is 2.55 bits per heavy atom. The summed E-state index contributed by atoms with van der Waals surface area (Å²) in [5.74, 6) is -4.03. The van der Waals surface area contributed by atoms with Crippen LogP contribution in [0.2, 0.25) is 0 Å². The third-order valence-corrected chi connectivity index (χ3v) is 9.59. The van der Waals surface area contributed by atoms with Crippen molar-refractivity contribution in [3.63, 3.8) is 0 Å². The van der Waals surface area contributed by atoms with Gasteiger partial charge in [-0.3, -0.25) is 14.5 Å². The molecular formula is C30H30N4O7S. The van der Waals surface area contributed by atoms with Crippen LogP contribution < -0.4 is 5.32 Å². The van der Waals surface area contributed by atoms with E-state index >= 15 is 0 Å². The number of nitrogens with one attached hydrogen (secondary N) is 1. The van der Waals surface area contributed by atoms with Crippen molar-refractivity contribution < 1.29 is 34.5 Å². The second kappa shape index (κ2) is 11.6. The van der Waals surface area contributed by atoms with Crippen LogP contribution in [0.4, 0.5) is 5.69 Å². The van der Waals surface area contributed by atoms with E-state index in [0.717, 1.165) is 5.56 Å². The summed E-state index contributed by atoms with van der Waals surface area (Å²) in [4.78, 5) is 53.8. The van der Waals surface area contributed by atoms with Crippen molar-refractivity contribution in [2.75, 3.05) is 11.9 Å². The smallest absolute Gasteiger partial charge is 0.353 e. The molecule has 5 rings (SSSR count). The molecule has 0 bridgehead atoms.